The van der Waals surface area contributed by atoms with Crippen molar-refractivity contribution in [3.63, 3.8) is 0 Å². The Morgan fingerprint density at radius 1 is 0.500 bits per heavy atom. The zero-order valence-corrected chi connectivity index (χ0v) is 30.1. The van der Waals surface area contributed by atoms with Gasteiger partial charge in [0.15, 0.2) is 0 Å². The zero-order chi connectivity index (χ0) is 24.4. The maximum absolute atomic E-state index is 3.31. The molecule has 0 amide bonds. The molecule has 0 bridgehead atoms. The maximum Gasteiger partial charge on any atom is 2.00 e. The van der Waals surface area contributed by atoms with Crippen LogP contribution in [-0.2, 0) is 52.4 Å². The summed E-state index contributed by atoms with van der Waals surface area (Å²) in [6.07, 6.45) is 20.0. The molecule has 8 rings (SSSR count). The van der Waals surface area contributed by atoms with Crippen molar-refractivity contribution >= 4 is 58.4 Å². The maximum atomic E-state index is 3.31. The van der Waals surface area contributed by atoms with E-state index in [-0.39, 0.29) is 77.2 Å². The molecule has 4 aromatic carbocycles. The van der Waals surface area contributed by atoms with Crippen LogP contribution in [0.4, 0.5) is 0 Å². The Kier molecular flexibility index (Phi) is 18.2. The Hall–Kier alpha value is -1.21. The van der Waals surface area contributed by atoms with Gasteiger partial charge in [0, 0.05) is 0 Å². The first-order valence-electron chi connectivity index (χ1n) is 12.1. The van der Waals surface area contributed by atoms with Crippen LogP contribution in [0.5, 0.6) is 0 Å². The Labute approximate surface area is 291 Å². The fourth-order valence-corrected chi connectivity index (χ4v) is 6.75. The molecule has 2 aliphatic carbocycles. The van der Waals surface area contributed by atoms with Gasteiger partial charge in [-0.3, -0.25) is 12.2 Å². The molecule has 40 heavy (non-hydrogen) atoms. The van der Waals surface area contributed by atoms with E-state index < -0.39 is 0 Å². The van der Waals surface area contributed by atoms with Gasteiger partial charge in [-0.25, -0.2) is 24.3 Å². The fourth-order valence-electron chi connectivity index (χ4n) is 4.13. The minimum atomic E-state index is 0. The van der Waals surface area contributed by atoms with Crippen LogP contribution in [0, 0.1) is 24.3 Å². The molecule has 2 heterocycles. The molecular formula is C34H26Cl2P2Zr2-2. The Balaban J connectivity index is 0.000000279. The summed E-state index contributed by atoms with van der Waals surface area (Å²) in [7, 11) is 1.59. The first-order chi connectivity index (χ1) is 17.9. The van der Waals surface area contributed by atoms with Crippen LogP contribution in [0.1, 0.15) is 12.8 Å². The van der Waals surface area contributed by atoms with Gasteiger partial charge in [-0.1, -0.05) is 59.3 Å². The Morgan fingerprint density at radius 3 is 1.25 bits per heavy atom. The van der Waals surface area contributed by atoms with E-state index in [1.165, 1.54) is 42.0 Å². The molecule has 0 radical (unpaired) electrons. The Bertz CT molecular complexity index is 1460. The van der Waals surface area contributed by atoms with Gasteiger partial charge in [-0.05, 0) is 10.2 Å². The van der Waals surface area contributed by atoms with Crippen LogP contribution in [0.15, 0.2) is 121 Å². The largest absolute Gasteiger partial charge is 2.00 e. The van der Waals surface area contributed by atoms with Crippen molar-refractivity contribution in [1.29, 1.82) is 0 Å². The average molecular weight is 750 g/mol. The van der Waals surface area contributed by atoms with Crippen molar-refractivity contribution < 1.29 is 77.2 Å². The van der Waals surface area contributed by atoms with Crippen LogP contribution in [0.3, 0.4) is 0 Å². The van der Waals surface area contributed by atoms with Crippen LogP contribution < -0.4 is 24.8 Å². The molecule has 0 fully saturated rings. The molecule has 0 nitrogen and oxygen atoms in total. The molecule has 2 aromatic heterocycles. The number of benzene rings is 4. The van der Waals surface area contributed by atoms with Gasteiger partial charge >= 0.3 is 52.4 Å². The van der Waals surface area contributed by atoms with Gasteiger partial charge in [0.05, 0.1) is 0 Å². The van der Waals surface area contributed by atoms with Crippen LogP contribution in [-0.4, -0.2) is 0 Å². The quantitative estimate of drug-likeness (QED) is 0.204. The van der Waals surface area contributed by atoms with Gasteiger partial charge in [0.1, 0.15) is 0 Å². The first kappa shape index (κ1) is 36.8. The molecule has 2 atom stereocenters. The van der Waals surface area contributed by atoms with Crippen molar-refractivity contribution in [3.05, 3.63) is 146 Å². The minimum Gasteiger partial charge on any atom is -1.00 e. The van der Waals surface area contributed by atoms with E-state index in [0.29, 0.717) is 0 Å². The second-order valence-corrected chi connectivity index (χ2v) is 10.8. The van der Waals surface area contributed by atoms with Crippen LogP contribution >= 0.6 is 16.4 Å². The Morgan fingerprint density at radius 2 is 0.900 bits per heavy atom. The summed E-state index contributed by atoms with van der Waals surface area (Å²) in [6, 6.07) is 36.3. The predicted molar refractivity (Wildman–Crippen MR) is 163 cm³/mol. The van der Waals surface area contributed by atoms with E-state index in [4.69, 9.17) is 0 Å². The standard InChI is InChI=1S/2C12H8P.2C5H5.2ClH.2Zr/c2*1-3-7-11-9(5-1)10-6-2-4-8-12(10)13-11;2*1-2-4-5-3-1;;;;/h2*1-7,13H;2*1-3H,4H2;2*1H;;/q4*-1;;;2*+2/p-2. The third kappa shape index (κ3) is 9.96. The number of fused-ring (bicyclic) bond motifs is 6. The summed E-state index contributed by atoms with van der Waals surface area (Å²) in [5.41, 5.74) is 0. The van der Waals surface area contributed by atoms with E-state index >= 15 is 0 Å². The normalized spacial score (nSPS) is 12.0. The van der Waals surface area contributed by atoms with Crippen molar-refractivity contribution in [2.75, 3.05) is 0 Å². The van der Waals surface area contributed by atoms with Crippen LogP contribution in [0.2, 0.25) is 0 Å². The van der Waals surface area contributed by atoms with Gasteiger partial charge in [0.25, 0.3) is 0 Å². The van der Waals surface area contributed by atoms with E-state index in [9.17, 15) is 0 Å². The number of hydrogen-bond acceptors (Lipinski definition) is 0. The van der Waals surface area contributed by atoms with Crippen molar-refractivity contribution in [2.45, 2.75) is 12.8 Å². The van der Waals surface area contributed by atoms with Gasteiger partial charge in [0.2, 0.25) is 0 Å². The molecule has 196 valence electrons. The van der Waals surface area contributed by atoms with E-state index in [2.05, 4.69) is 109 Å². The topological polar surface area (TPSA) is 0 Å². The first-order valence-corrected chi connectivity index (χ1v) is 14.1. The molecule has 0 aliphatic heterocycles. The number of hydrogen-bond donors (Lipinski definition) is 0. The van der Waals surface area contributed by atoms with E-state index in [1.54, 1.807) is 0 Å². The SMILES string of the molecule is [C-]1=CC=CC1.[C-]1=CC=CC1.[Cl-].[Cl-].[Zr+2].[Zr+2].[c-]1cccc2c1[pH]c1ccccc12.[c-]1cccc2c1[pH]c1ccccc12. The summed E-state index contributed by atoms with van der Waals surface area (Å²) in [4.78, 5) is 0. The van der Waals surface area contributed by atoms with E-state index in [0.717, 1.165) is 29.2 Å². The molecule has 0 spiro atoms. The van der Waals surface area contributed by atoms with E-state index in [1.807, 2.05) is 36.4 Å². The number of rotatable bonds is 0. The molecule has 2 aliphatic rings. The summed E-state index contributed by atoms with van der Waals surface area (Å²) in [6.45, 7) is 0. The van der Waals surface area contributed by atoms with Crippen molar-refractivity contribution in [1.82, 2.24) is 0 Å². The monoisotopic (exact) mass is 746 g/mol. The fraction of sp³-hybridized carbons (Fsp3) is 0.0588. The second kappa shape index (κ2) is 19.8. The van der Waals surface area contributed by atoms with Gasteiger partial charge in [-0.2, -0.15) is 60.7 Å². The molecule has 6 aromatic rings. The third-order valence-electron chi connectivity index (χ3n) is 5.84. The van der Waals surface area contributed by atoms with Gasteiger partial charge < -0.3 is 24.8 Å². The summed E-state index contributed by atoms with van der Waals surface area (Å²) < 4.78 is 0. The molecule has 0 saturated heterocycles. The van der Waals surface area contributed by atoms with Gasteiger partial charge in [-0.15, -0.1) is 50.2 Å². The second-order valence-electron chi connectivity index (χ2n) is 8.26. The average Bonchev–Trinajstić information content (AvgIpc) is 3.77. The molecular weight excluding hydrogens is 724 g/mol. The number of allylic oxidation sites excluding steroid dienone is 8. The third-order valence-corrected chi connectivity index (χ3v) is 8.58. The minimum absolute atomic E-state index is 0. The number of halogens is 2. The molecule has 6 heteroatoms. The zero-order valence-electron chi connectivity index (χ0n) is 21.7. The summed E-state index contributed by atoms with van der Waals surface area (Å²) in [5, 5.41) is 11.2. The predicted octanol–water partition coefficient (Wildman–Crippen LogP) is 4.26. The van der Waals surface area contributed by atoms with Crippen molar-refractivity contribution in [3.8, 4) is 0 Å². The smallest absolute Gasteiger partial charge is 1.00 e. The molecule has 0 saturated carbocycles. The van der Waals surface area contributed by atoms with Crippen LogP contribution in [0.25, 0.3) is 42.0 Å². The summed E-state index contributed by atoms with van der Waals surface area (Å²) >= 11 is 0. The molecule has 2 unspecified atom stereocenters. The van der Waals surface area contributed by atoms with Crippen molar-refractivity contribution in [2.24, 2.45) is 0 Å². The summed E-state index contributed by atoms with van der Waals surface area (Å²) in [5.74, 6) is 0. The molecule has 0 N–H and O–H groups in total.